The summed E-state index contributed by atoms with van der Waals surface area (Å²) < 4.78 is 28.1. The van der Waals surface area contributed by atoms with Gasteiger partial charge in [0, 0.05) is 24.4 Å². The average Bonchev–Trinajstić information content (AvgIpc) is 2.85. The second-order valence-electron chi connectivity index (χ2n) is 4.38. The molecule has 0 aliphatic rings. The molecule has 3 aromatic rings. The molecule has 0 atom stereocenters. The summed E-state index contributed by atoms with van der Waals surface area (Å²) in [6.45, 7) is 0.746. The smallest absolute Gasteiger partial charge is 0.160 e. The number of nitrogens with zero attached hydrogens (tertiary/aromatic N) is 3. The van der Waals surface area contributed by atoms with E-state index in [0.717, 1.165) is 17.5 Å². The zero-order valence-corrected chi connectivity index (χ0v) is 10.6. The van der Waals surface area contributed by atoms with Gasteiger partial charge < -0.3 is 5.32 Å². The zero-order chi connectivity index (χ0) is 13.9. The number of fused-ring (bicyclic) bond motifs is 1. The van der Waals surface area contributed by atoms with Crippen molar-refractivity contribution >= 4 is 5.65 Å². The second-order valence-corrected chi connectivity index (χ2v) is 4.38. The molecule has 1 aromatic carbocycles. The van der Waals surface area contributed by atoms with E-state index < -0.39 is 11.6 Å². The normalized spacial score (nSPS) is 11.1. The highest BCUT2D eigenvalue weighted by Gasteiger charge is 2.06. The van der Waals surface area contributed by atoms with Crippen molar-refractivity contribution in [3.63, 3.8) is 0 Å². The Bertz CT molecular complexity index is 739. The maximum atomic E-state index is 13.5. The number of rotatable bonds is 4. The summed E-state index contributed by atoms with van der Waals surface area (Å²) in [5.74, 6) is -0.388. The minimum absolute atomic E-state index is 0.299. The summed E-state index contributed by atoms with van der Waals surface area (Å²) in [7, 11) is 0. The van der Waals surface area contributed by atoms with Crippen molar-refractivity contribution in [3.8, 4) is 0 Å². The van der Waals surface area contributed by atoms with Crippen LogP contribution in [0.1, 0.15) is 11.4 Å². The van der Waals surface area contributed by atoms with E-state index in [4.69, 9.17) is 0 Å². The predicted molar refractivity (Wildman–Crippen MR) is 69.9 cm³/mol. The summed E-state index contributed by atoms with van der Waals surface area (Å²) in [6, 6.07) is 9.18. The van der Waals surface area contributed by atoms with Crippen LogP contribution in [0.15, 0.2) is 42.6 Å². The van der Waals surface area contributed by atoms with Crippen molar-refractivity contribution in [3.05, 3.63) is 65.6 Å². The van der Waals surface area contributed by atoms with E-state index in [9.17, 15) is 8.78 Å². The van der Waals surface area contributed by atoms with Gasteiger partial charge in [0.1, 0.15) is 11.6 Å². The van der Waals surface area contributed by atoms with Gasteiger partial charge in [0.2, 0.25) is 0 Å². The van der Waals surface area contributed by atoms with Crippen molar-refractivity contribution in [1.29, 1.82) is 0 Å². The van der Waals surface area contributed by atoms with Gasteiger partial charge in [0.25, 0.3) is 0 Å². The van der Waals surface area contributed by atoms with Gasteiger partial charge >= 0.3 is 0 Å². The van der Waals surface area contributed by atoms with Gasteiger partial charge in [0.15, 0.2) is 11.5 Å². The van der Waals surface area contributed by atoms with E-state index in [2.05, 4.69) is 15.5 Å². The largest absolute Gasteiger partial charge is 0.306 e. The van der Waals surface area contributed by atoms with Crippen LogP contribution < -0.4 is 5.32 Å². The standard InChI is InChI=1S/C14H12F2N4/c15-11-5-4-10(12(16)7-11)8-17-9-14-19-18-13-3-1-2-6-20(13)14/h1-7,17H,8-9H2. The number of halogens is 2. The first-order valence-electron chi connectivity index (χ1n) is 6.17. The molecular weight excluding hydrogens is 262 g/mol. The van der Waals surface area contributed by atoms with Crippen LogP contribution in [0.4, 0.5) is 8.78 Å². The molecule has 0 radical (unpaired) electrons. The Morgan fingerprint density at radius 1 is 1.05 bits per heavy atom. The van der Waals surface area contributed by atoms with Crippen molar-refractivity contribution in [2.24, 2.45) is 0 Å². The first-order chi connectivity index (χ1) is 9.74. The molecule has 0 aliphatic heterocycles. The van der Waals surface area contributed by atoms with Gasteiger partial charge in [0.05, 0.1) is 6.54 Å². The van der Waals surface area contributed by atoms with E-state index in [1.807, 2.05) is 28.8 Å². The molecule has 0 saturated heterocycles. The molecule has 3 rings (SSSR count). The fourth-order valence-corrected chi connectivity index (χ4v) is 1.99. The molecule has 0 bridgehead atoms. The molecular formula is C14H12F2N4. The van der Waals surface area contributed by atoms with Crippen LogP contribution in [0.5, 0.6) is 0 Å². The Hall–Kier alpha value is -2.34. The second kappa shape index (κ2) is 5.34. The molecule has 6 heteroatoms. The van der Waals surface area contributed by atoms with E-state index in [1.165, 1.54) is 12.1 Å². The number of nitrogens with one attached hydrogen (secondary N) is 1. The number of hydrogen-bond acceptors (Lipinski definition) is 3. The molecule has 0 saturated carbocycles. The lowest BCUT2D eigenvalue weighted by Crippen LogP contribution is -2.15. The number of aromatic nitrogens is 3. The monoisotopic (exact) mass is 274 g/mol. The maximum Gasteiger partial charge on any atom is 0.160 e. The Balaban J connectivity index is 1.68. The van der Waals surface area contributed by atoms with Gasteiger partial charge in [-0.05, 0) is 18.2 Å². The molecule has 20 heavy (non-hydrogen) atoms. The molecule has 1 N–H and O–H groups in total. The van der Waals surface area contributed by atoms with Crippen molar-refractivity contribution in [1.82, 2.24) is 19.9 Å². The first kappa shape index (κ1) is 12.7. The van der Waals surface area contributed by atoms with Gasteiger partial charge in [-0.25, -0.2) is 8.78 Å². The SMILES string of the molecule is Fc1ccc(CNCc2nnc3ccccn23)c(F)c1. The molecule has 2 aromatic heterocycles. The first-order valence-corrected chi connectivity index (χ1v) is 6.17. The van der Waals surface area contributed by atoms with E-state index in [0.29, 0.717) is 18.7 Å². The van der Waals surface area contributed by atoms with Crippen molar-refractivity contribution in [2.75, 3.05) is 0 Å². The van der Waals surface area contributed by atoms with E-state index in [1.54, 1.807) is 0 Å². The van der Waals surface area contributed by atoms with Gasteiger partial charge in [-0.15, -0.1) is 10.2 Å². The van der Waals surface area contributed by atoms with Gasteiger partial charge in [-0.3, -0.25) is 4.40 Å². The zero-order valence-electron chi connectivity index (χ0n) is 10.6. The summed E-state index contributed by atoms with van der Waals surface area (Å²) in [5.41, 5.74) is 1.18. The van der Waals surface area contributed by atoms with Crippen LogP contribution >= 0.6 is 0 Å². The molecule has 102 valence electrons. The van der Waals surface area contributed by atoms with Crippen molar-refractivity contribution < 1.29 is 8.78 Å². The van der Waals surface area contributed by atoms with Crippen LogP contribution in [0.3, 0.4) is 0 Å². The number of pyridine rings is 1. The number of hydrogen-bond donors (Lipinski definition) is 1. The Labute approximate surface area is 114 Å². The average molecular weight is 274 g/mol. The fourth-order valence-electron chi connectivity index (χ4n) is 1.99. The minimum atomic E-state index is -0.574. The molecule has 2 heterocycles. The Morgan fingerprint density at radius 2 is 1.95 bits per heavy atom. The highest BCUT2D eigenvalue weighted by Crippen LogP contribution is 2.09. The molecule has 0 fully saturated rings. The molecule has 0 spiro atoms. The molecule has 0 amide bonds. The minimum Gasteiger partial charge on any atom is -0.306 e. The third kappa shape index (κ3) is 2.50. The summed E-state index contributed by atoms with van der Waals surface area (Å²) in [5, 5.41) is 11.2. The molecule has 0 aliphatic carbocycles. The molecule has 0 unspecified atom stereocenters. The van der Waals surface area contributed by atoms with Crippen molar-refractivity contribution in [2.45, 2.75) is 13.1 Å². The summed E-state index contributed by atoms with van der Waals surface area (Å²) in [6.07, 6.45) is 1.87. The van der Waals surface area contributed by atoms with Crippen LogP contribution in [0, 0.1) is 11.6 Å². The third-order valence-electron chi connectivity index (χ3n) is 3.00. The Morgan fingerprint density at radius 3 is 2.80 bits per heavy atom. The van der Waals surface area contributed by atoms with Crippen LogP contribution in [0.25, 0.3) is 5.65 Å². The summed E-state index contributed by atoms with van der Waals surface area (Å²) >= 11 is 0. The maximum absolute atomic E-state index is 13.5. The molecule has 4 nitrogen and oxygen atoms in total. The topological polar surface area (TPSA) is 42.2 Å². The highest BCUT2D eigenvalue weighted by molar-refractivity contribution is 5.36. The quantitative estimate of drug-likeness (QED) is 0.793. The van der Waals surface area contributed by atoms with Crippen LogP contribution in [-0.4, -0.2) is 14.6 Å². The summed E-state index contributed by atoms with van der Waals surface area (Å²) in [4.78, 5) is 0. The van der Waals surface area contributed by atoms with Gasteiger partial charge in [-0.1, -0.05) is 12.1 Å². The predicted octanol–water partition coefficient (Wildman–Crippen LogP) is 2.30. The lowest BCUT2D eigenvalue weighted by molar-refractivity contribution is 0.557. The highest BCUT2D eigenvalue weighted by atomic mass is 19.1. The third-order valence-corrected chi connectivity index (χ3v) is 3.00. The lowest BCUT2D eigenvalue weighted by Gasteiger charge is -2.05. The van der Waals surface area contributed by atoms with Crippen LogP contribution in [0.2, 0.25) is 0 Å². The number of benzene rings is 1. The van der Waals surface area contributed by atoms with E-state index in [-0.39, 0.29) is 0 Å². The fraction of sp³-hybridized carbons (Fsp3) is 0.143. The lowest BCUT2D eigenvalue weighted by atomic mass is 10.2. The van der Waals surface area contributed by atoms with Crippen LogP contribution in [-0.2, 0) is 13.1 Å². The van der Waals surface area contributed by atoms with E-state index >= 15 is 0 Å². The van der Waals surface area contributed by atoms with Gasteiger partial charge in [-0.2, -0.15) is 0 Å². The Kier molecular flexibility index (Phi) is 3.39.